The summed E-state index contributed by atoms with van der Waals surface area (Å²) in [6.45, 7) is 1.27. The number of rotatable bonds is 9. The van der Waals surface area contributed by atoms with Crippen LogP contribution >= 0.6 is 11.8 Å². The molecule has 8 heteroatoms. The van der Waals surface area contributed by atoms with Crippen molar-refractivity contribution in [2.45, 2.75) is 19.0 Å². The summed E-state index contributed by atoms with van der Waals surface area (Å²) in [5, 5.41) is 5.75. The molecule has 0 radical (unpaired) electrons. The van der Waals surface area contributed by atoms with Crippen molar-refractivity contribution < 1.29 is 23.8 Å². The van der Waals surface area contributed by atoms with Crippen molar-refractivity contribution in [3.63, 3.8) is 0 Å². The van der Waals surface area contributed by atoms with Crippen molar-refractivity contribution in [3.05, 3.63) is 53.6 Å². The van der Waals surface area contributed by atoms with Crippen LogP contribution in [0.2, 0.25) is 0 Å². The third-order valence-corrected chi connectivity index (χ3v) is 5.33. The van der Waals surface area contributed by atoms with E-state index in [1.54, 1.807) is 36.0 Å². The van der Waals surface area contributed by atoms with Crippen molar-refractivity contribution in [3.8, 4) is 17.2 Å². The fourth-order valence-electron chi connectivity index (χ4n) is 3.15. The van der Waals surface area contributed by atoms with E-state index in [-0.39, 0.29) is 18.4 Å². The van der Waals surface area contributed by atoms with Gasteiger partial charge in [-0.1, -0.05) is 24.3 Å². The lowest BCUT2D eigenvalue weighted by Crippen LogP contribution is -2.47. The normalized spacial score (nSPS) is 13.3. The Morgan fingerprint density at radius 2 is 1.93 bits per heavy atom. The van der Waals surface area contributed by atoms with Crippen LogP contribution < -0.4 is 24.8 Å². The first-order valence-electron chi connectivity index (χ1n) is 9.72. The van der Waals surface area contributed by atoms with Gasteiger partial charge < -0.3 is 24.8 Å². The summed E-state index contributed by atoms with van der Waals surface area (Å²) in [6, 6.07) is 11.9. The number of benzene rings is 2. The molecular formula is C22H26N2O5S. The summed E-state index contributed by atoms with van der Waals surface area (Å²) >= 11 is 1.62. The van der Waals surface area contributed by atoms with Crippen LogP contribution in [0, 0.1) is 0 Å². The fourth-order valence-corrected chi connectivity index (χ4v) is 3.62. The quantitative estimate of drug-likeness (QED) is 0.636. The molecule has 7 nitrogen and oxygen atoms in total. The average molecular weight is 431 g/mol. The molecule has 160 valence electrons. The van der Waals surface area contributed by atoms with Gasteiger partial charge in [0, 0.05) is 12.1 Å². The Kier molecular flexibility index (Phi) is 7.84. The van der Waals surface area contributed by atoms with Gasteiger partial charge in [0.25, 0.3) is 5.91 Å². The van der Waals surface area contributed by atoms with Gasteiger partial charge in [-0.05, 0) is 36.6 Å². The van der Waals surface area contributed by atoms with Gasteiger partial charge in [0.05, 0.1) is 12.7 Å². The van der Waals surface area contributed by atoms with Gasteiger partial charge in [0.2, 0.25) is 5.91 Å². The van der Waals surface area contributed by atoms with Crippen molar-refractivity contribution in [1.29, 1.82) is 0 Å². The van der Waals surface area contributed by atoms with E-state index in [0.717, 1.165) is 11.3 Å². The summed E-state index contributed by atoms with van der Waals surface area (Å²) in [6.07, 6.45) is 2.48. The van der Waals surface area contributed by atoms with E-state index < -0.39 is 6.04 Å². The van der Waals surface area contributed by atoms with Crippen molar-refractivity contribution in [2.75, 3.05) is 32.3 Å². The molecule has 1 unspecified atom stereocenters. The van der Waals surface area contributed by atoms with Gasteiger partial charge in [-0.25, -0.2) is 0 Å². The molecule has 0 fully saturated rings. The summed E-state index contributed by atoms with van der Waals surface area (Å²) in [5.74, 6) is 1.94. The van der Waals surface area contributed by atoms with E-state index in [1.807, 2.05) is 24.5 Å². The van der Waals surface area contributed by atoms with Gasteiger partial charge >= 0.3 is 0 Å². The first kappa shape index (κ1) is 21.8. The minimum atomic E-state index is -0.661. The Balaban J connectivity index is 1.67. The van der Waals surface area contributed by atoms with E-state index in [2.05, 4.69) is 10.6 Å². The number of amides is 2. The fraction of sp³-hybridized carbons (Fsp3) is 0.364. The maximum absolute atomic E-state index is 12.9. The molecule has 2 amide bonds. The van der Waals surface area contributed by atoms with E-state index in [4.69, 9.17) is 14.2 Å². The van der Waals surface area contributed by atoms with Crippen molar-refractivity contribution in [2.24, 2.45) is 0 Å². The zero-order valence-corrected chi connectivity index (χ0v) is 17.9. The van der Waals surface area contributed by atoms with Crippen LogP contribution in [0.5, 0.6) is 17.2 Å². The first-order valence-corrected chi connectivity index (χ1v) is 11.1. The second-order valence-electron chi connectivity index (χ2n) is 6.67. The van der Waals surface area contributed by atoms with Crippen molar-refractivity contribution in [1.82, 2.24) is 10.6 Å². The maximum Gasteiger partial charge on any atom is 0.255 e. The van der Waals surface area contributed by atoms with Gasteiger partial charge in [-0.15, -0.1) is 0 Å². The van der Waals surface area contributed by atoms with Gasteiger partial charge in [0.15, 0.2) is 11.5 Å². The van der Waals surface area contributed by atoms with Crippen LogP contribution in [0.15, 0.2) is 42.5 Å². The summed E-state index contributed by atoms with van der Waals surface area (Å²) in [7, 11) is 1.51. The molecule has 1 aliphatic heterocycles. The Bertz CT molecular complexity index is 890. The molecule has 1 heterocycles. The number of thioether (sulfide) groups is 1. The molecule has 1 atom stereocenters. The van der Waals surface area contributed by atoms with E-state index >= 15 is 0 Å². The van der Waals surface area contributed by atoms with Crippen LogP contribution in [0.25, 0.3) is 0 Å². The lowest BCUT2D eigenvalue weighted by Gasteiger charge is -2.22. The topological polar surface area (TPSA) is 85.9 Å². The Morgan fingerprint density at radius 3 is 2.73 bits per heavy atom. The smallest absolute Gasteiger partial charge is 0.255 e. The summed E-state index contributed by atoms with van der Waals surface area (Å²) < 4.78 is 16.5. The summed E-state index contributed by atoms with van der Waals surface area (Å²) in [5.41, 5.74) is 1.23. The second kappa shape index (κ2) is 10.8. The highest BCUT2D eigenvalue weighted by Gasteiger charge is 2.23. The van der Waals surface area contributed by atoms with Gasteiger partial charge in [-0.3, -0.25) is 9.59 Å². The third-order valence-electron chi connectivity index (χ3n) is 4.68. The molecule has 0 saturated carbocycles. The predicted molar refractivity (Wildman–Crippen MR) is 117 cm³/mol. The Hall–Kier alpha value is -2.87. The molecule has 1 aliphatic rings. The number of hydrogen-bond acceptors (Lipinski definition) is 6. The zero-order chi connectivity index (χ0) is 21.3. The van der Waals surface area contributed by atoms with Crippen LogP contribution in [0.4, 0.5) is 0 Å². The molecular weight excluding hydrogens is 404 g/mol. The Morgan fingerprint density at radius 1 is 1.13 bits per heavy atom. The van der Waals surface area contributed by atoms with Crippen LogP contribution in [-0.4, -0.2) is 50.2 Å². The third kappa shape index (κ3) is 5.38. The monoisotopic (exact) mass is 430 g/mol. The number of para-hydroxylation sites is 2. The number of ether oxygens (including phenoxy) is 3. The molecule has 2 N–H and O–H groups in total. The van der Waals surface area contributed by atoms with Crippen molar-refractivity contribution >= 4 is 23.6 Å². The zero-order valence-electron chi connectivity index (χ0n) is 17.1. The van der Waals surface area contributed by atoms with E-state index in [9.17, 15) is 9.59 Å². The highest BCUT2D eigenvalue weighted by Crippen LogP contribution is 2.33. The lowest BCUT2D eigenvalue weighted by atomic mass is 10.1. The minimum Gasteiger partial charge on any atom is -0.496 e. The average Bonchev–Trinajstić information content (AvgIpc) is 2.79. The molecule has 0 saturated heterocycles. The molecule has 30 heavy (non-hydrogen) atoms. The second-order valence-corrected chi connectivity index (χ2v) is 7.65. The predicted octanol–water partition coefficient (Wildman–Crippen LogP) is 2.63. The molecule has 2 aromatic rings. The number of fused-ring (bicyclic) bond motifs is 1. The molecule has 3 rings (SSSR count). The maximum atomic E-state index is 12.9. The molecule has 0 aromatic heterocycles. The summed E-state index contributed by atoms with van der Waals surface area (Å²) in [4.78, 5) is 25.6. The standard InChI is InChI=1S/C22H26N2O5S/c1-27-18-8-4-3-7-16(18)21(25)24-17(10-13-30-2)22(26)23-14-15-6-5-9-19-20(15)29-12-11-28-19/h3-9,17H,10-14H2,1-2H3,(H,23,26)(H,24,25). The molecule has 0 bridgehead atoms. The Labute approximate surface area is 180 Å². The van der Waals surface area contributed by atoms with E-state index in [1.165, 1.54) is 7.11 Å². The van der Waals surface area contributed by atoms with Crippen LogP contribution in [0.3, 0.4) is 0 Å². The van der Waals surface area contributed by atoms with Crippen LogP contribution in [0.1, 0.15) is 22.3 Å². The highest BCUT2D eigenvalue weighted by molar-refractivity contribution is 7.98. The highest BCUT2D eigenvalue weighted by atomic mass is 32.2. The first-order chi connectivity index (χ1) is 14.6. The van der Waals surface area contributed by atoms with Crippen LogP contribution in [-0.2, 0) is 11.3 Å². The number of nitrogens with one attached hydrogen (secondary N) is 2. The SMILES string of the molecule is COc1ccccc1C(=O)NC(CCSC)C(=O)NCc1cccc2c1OCCO2. The minimum absolute atomic E-state index is 0.248. The molecule has 0 aliphatic carbocycles. The number of carbonyl (C=O) groups excluding carboxylic acids is 2. The number of carbonyl (C=O) groups is 2. The van der Waals surface area contributed by atoms with E-state index in [0.29, 0.717) is 42.4 Å². The molecule has 0 spiro atoms. The lowest BCUT2D eigenvalue weighted by molar-refractivity contribution is -0.123. The number of hydrogen-bond donors (Lipinski definition) is 2. The largest absolute Gasteiger partial charge is 0.496 e. The van der Waals surface area contributed by atoms with Gasteiger partial charge in [0.1, 0.15) is 25.0 Å². The van der Waals surface area contributed by atoms with Gasteiger partial charge in [-0.2, -0.15) is 11.8 Å². The molecule has 2 aromatic carbocycles. The number of methoxy groups -OCH3 is 1.